The average Bonchev–Trinajstić information content (AvgIpc) is 2.25. The Balaban J connectivity index is 3.00. The van der Waals surface area contributed by atoms with Crippen LogP contribution >= 0.6 is 0 Å². The number of rotatable bonds is 2. The maximum Gasteiger partial charge on any atom is 0.419 e. The van der Waals surface area contributed by atoms with Gasteiger partial charge in [-0.1, -0.05) is 18.7 Å². The molecule has 0 unspecified atom stereocenters. The van der Waals surface area contributed by atoms with Crippen molar-refractivity contribution in [1.82, 2.24) is 0 Å². The zero-order valence-corrected chi connectivity index (χ0v) is 8.69. The van der Waals surface area contributed by atoms with Gasteiger partial charge < -0.3 is 0 Å². The molecule has 0 amide bonds. The van der Waals surface area contributed by atoms with Gasteiger partial charge in [0.1, 0.15) is 0 Å². The highest BCUT2D eigenvalue weighted by molar-refractivity contribution is 6.09. The van der Waals surface area contributed by atoms with Gasteiger partial charge in [-0.05, 0) is 12.1 Å². The number of hydrogen-bond acceptors (Lipinski definition) is 1. The molecule has 1 rings (SSSR count). The van der Waals surface area contributed by atoms with Crippen molar-refractivity contribution in [2.24, 2.45) is 0 Å². The lowest BCUT2D eigenvalue weighted by molar-refractivity contribution is -0.137. The van der Waals surface area contributed by atoms with E-state index < -0.39 is 34.8 Å². The van der Waals surface area contributed by atoms with Crippen molar-refractivity contribution < 1.29 is 31.1 Å². The molecule has 0 bridgehead atoms. The molecule has 0 atom stereocenters. The molecule has 0 radical (unpaired) electrons. The van der Waals surface area contributed by atoms with Crippen molar-refractivity contribution in [3.8, 4) is 0 Å². The number of carbonyl (C=O) groups excluding carboxylic acids is 1. The molecule has 0 aliphatic heterocycles. The Morgan fingerprint density at radius 2 is 1.39 bits per heavy atom. The number of hydrogen-bond donors (Lipinski definition) is 0. The summed E-state index contributed by atoms with van der Waals surface area (Å²) in [7, 11) is 0. The Kier molecular flexibility index (Phi) is 3.54. The lowest BCUT2D eigenvalue weighted by atomic mass is 10.0. The van der Waals surface area contributed by atoms with E-state index in [2.05, 4.69) is 6.58 Å². The number of halogens is 6. The van der Waals surface area contributed by atoms with E-state index in [-0.39, 0.29) is 0 Å². The molecule has 0 saturated carbocycles. The molecule has 1 aromatic carbocycles. The van der Waals surface area contributed by atoms with Crippen LogP contribution < -0.4 is 0 Å². The SMILES string of the molecule is C=C(C(=O)c1ccc(C(F)(F)F)cc1)C(F)(F)F. The van der Waals surface area contributed by atoms with E-state index in [0.29, 0.717) is 24.3 Å². The minimum absolute atomic E-state index is 0.495. The Morgan fingerprint density at radius 1 is 0.944 bits per heavy atom. The van der Waals surface area contributed by atoms with Crippen molar-refractivity contribution in [1.29, 1.82) is 0 Å². The van der Waals surface area contributed by atoms with Crippen molar-refractivity contribution in [3.05, 3.63) is 47.5 Å². The summed E-state index contributed by atoms with van der Waals surface area (Å²) in [6.45, 7) is 2.58. The van der Waals surface area contributed by atoms with Gasteiger partial charge in [0, 0.05) is 5.56 Å². The van der Waals surface area contributed by atoms with Crippen molar-refractivity contribution in [3.63, 3.8) is 0 Å². The van der Waals surface area contributed by atoms with Crippen LogP contribution in [-0.2, 0) is 6.18 Å². The number of carbonyl (C=O) groups is 1. The maximum atomic E-state index is 12.2. The van der Waals surface area contributed by atoms with Crippen LogP contribution in [0.15, 0.2) is 36.4 Å². The molecule has 0 aliphatic carbocycles. The first kappa shape index (κ1) is 14.3. The minimum Gasteiger partial charge on any atom is -0.289 e. The van der Waals surface area contributed by atoms with E-state index in [1.54, 1.807) is 0 Å². The third-order valence-corrected chi connectivity index (χ3v) is 2.09. The first-order valence-corrected chi connectivity index (χ1v) is 4.51. The second kappa shape index (κ2) is 4.47. The van der Waals surface area contributed by atoms with Gasteiger partial charge in [0.05, 0.1) is 11.1 Å². The molecular weight excluding hydrogens is 262 g/mol. The van der Waals surface area contributed by atoms with E-state index >= 15 is 0 Å². The number of allylic oxidation sites excluding steroid dienone is 1. The van der Waals surface area contributed by atoms with Crippen molar-refractivity contribution >= 4 is 5.78 Å². The van der Waals surface area contributed by atoms with Gasteiger partial charge in [-0.25, -0.2) is 0 Å². The summed E-state index contributed by atoms with van der Waals surface area (Å²) in [4.78, 5) is 11.3. The lowest BCUT2D eigenvalue weighted by Crippen LogP contribution is -2.19. The van der Waals surface area contributed by atoms with E-state index in [4.69, 9.17) is 0 Å². The topological polar surface area (TPSA) is 17.1 Å². The van der Waals surface area contributed by atoms with E-state index in [9.17, 15) is 31.1 Å². The van der Waals surface area contributed by atoms with E-state index in [1.165, 1.54) is 0 Å². The largest absolute Gasteiger partial charge is 0.419 e. The Morgan fingerprint density at radius 3 is 1.72 bits per heavy atom. The second-order valence-corrected chi connectivity index (χ2v) is 3.38. The number of benzene rings is 1. The quantitative estimate of drug-likeness (QED) is 0.450. The Hall–Kier alpha value is -1.79. The monoisotopic (exact) mass is 268 g/mol. The molecule has 7 heteroatoms. The average molecular weight is 268 g/mol. The summed E-state index contributed by atoms with van der Waals surface area (Å²) in [6, 6.07) is 2.44. The molecule has 98 valence electrons. The van der Waals surface area contributed by atoms with Gasteiger partial charge in [-0.15, -0.1) is 0 Å². The molecule has 0 aliphatic rings. The first-order valence-electron chi connectivity index (χ1n) is 4.51. The van der Waals surface area contributed by atoms with Crippen LogP contribution in [0.4, 0.5) is 26.3 Å². The van der Waals surface area contributed by atoms with E-state index in [0.717, 1.165) is 0 Å². The Labute approximate surface area is 97.7 Å². The molecule has 1 nitrogen and oxygen atoms in total. The molecule has 0 N–H and O–H groups in total. The zero-order valence-electron chi connectivity index (χ0n) is 8.69. The van der Waals surface area contributed by atoms with Crippen LogP contribution in [0.25, 0.3) is 0 Å². The molecule has 0 heterocycles. The van der Waals surface area contributed by atoms with Crippen LogP contribution in [0.2, 0.25) is 0 Å². The number of alkyl halides is 6. The molecular formula is C11H6F6O. The fourth-order valence-corrected chi connectivity index (χ4v) is 1.11. The highest BCUT2D eigenvalue weighted by Crippen LogP contribution is 2.31. The van der Waals surface area contributed by atoms with Crippen molar-refractivity contribution in [2.75, 3.05) is 0 Å². The fourth-order valence-electron chi connectivity index (χ4n) is 1.11. The summed E-state index contributed by atoms with van der Waals surface area (Å²) in [5, 5.41) is 0. The third-order valence-electron chi connectivity index (χ3n) is 2.09. The third kappa shape index (κ3) is 3.12. The molecule has 0 fully saturated rings. The fraction of sp³-hybridized carbons (Fsp3) is 0.182. The van der Waals surface area contributed by atoms with E-state index in [1.807, 2.05) is 0 Å². The zero-order chi connectivity index (χ0) is 14.1. The second-order valence-electron chi connectivity index (χ2n) is 3.38. The Bertz CT molecular complexity index is 466. The van der Waals surface area contributed by atoms with Crippen LogP contribution in [0.1, 0.15) is 15.9 Å². The molecule has 18 heavy (non-hydrogen) atoms. The van der Waals surface area contributed by atoms with Crippen LogP contribution in [0.5, 0.6) is 0 Å². The highest BCUT2D eigenvalue weighted by Gasteiger charge is 2.37. The van der Waals surface area contributed by atoms with Crippen molar-refractivity contribution in [2.45, 2.75) is 12.4 Å². The minimum atomic E-state index is -4.90. The van der Waals surface area contributed by atoms with Gasteiger partial charge in [-0.2, -0.15) is 26.3 Å². The lowest BCUT2D eigenvalue weighted by Gasteiger charge is -2.10. The van der Waals surface area contributed by atoms with Gasteiger partial charge in [0.2, 0.25) is 0 Å². The summed E-state index contributed by atoms with van der Waals surface area (Å²) in [5.74, 6) is -1.45. The van der Waals surface area contributed by atoms with Gasteiger partial charge in [-0.3, -0.25) is 4.79 Å². The van der Waals surface area contributed by atoms with Gasteiger partial charge in [0.25, 0.3) is 0 Å². The maximum absolute atomic E-state index is 12.2. The molecule has 0 spiro atoms. The van der Waals surface area contributed by atoms with Crippen LogP contribution in [-0.4, -0.2) is 12.0 Å². The summed E-state index contributed by atoms with van der Waals surface area (Å²) >= 11 is 0. The summed E-state index contributed by atoms with van der Waals surface area (Å²) < 4.78 is 73.0. The molecule has 0 saturated heterocycles. The molecule has 0 aromatic heterocycles. The summed E-state index contributed by atoms with van der Waals surface area (Å²) in [6.07, 6.45) is -9.51. The normalized spacial score (nSPS) is 12.3. The smallest absolute Gasteiger partial charge is 0.289 e. The first-order chi connectivity index (χ1) is 8.03. The number of ketones is 1. The van der Waals surface area contributed by atoms with Gasteiger partial charge in [0.15, 0.2) is 5.78 Å². The highest BCUT2D eigenvalue weighted by atomic mass is 19.4. The predicted octanol–water partition coefficient (Wildman–Crippen LogP) is 4.01. The standard InChI is InChI=1S/C11H6F6O/c1-6(10(12,13)14)9(18)7-2-4-8(5-3-7)11(15,16)17/h2-5H,1H2. The summed E-state index contributed by atoms with van der Waals surface area (Å²) in [5.41, 5.74) is -3.16. The van der Waals surface area contributed by atoms with Crippen LogP contribution in [0, 0.1) is 0 Å². The molecule has 1 aromatic rings. The number of Topliss-reactive ketones (excluding diaryl/α,β-unsaturated/α-hetero) is 1. The van der Waals surface area contributed by atoms with Crippen LogP contribution in [0.3, 0.4) is 0 Å². The van der Waals surface area contributed by atoms with Gasteiger partial charge >= 0.3 is 12.4 Å². The predicted molar refractivity (Wildman–Crippen MR) is 51.0 cm³/mol.